The number of hydrogen-bond donors (Lipinski definition) is 1. The number of para-hydroxylation sites is 1. The number of rotatable bonds is 4. The van der Waals surface area contributed by atoms with Gasteiger partial charge in [0.25, 0.3) is 0 Å². The highest BCUT2D eigenvalue weighted by Gasteiger charge is 2.24. The van der Waals surface area contributed by atoms with Crippen LogP contribution in [-0.4, -0.2) is 16.3 Å². The Morgan fingerprint density at radius 2 is 2.25 bits per heavy atom. The Kier molecular flexibility index (Phi) is 3.83. The van der Waals surface area contributed by atoms with E-state index in [2.05, 4.69) is 17.3 Å². The van der Waals surface area contributed by atoms with E-state index in [1.54, 1.807) is 16.8 Å². The van der Waals surface area contributed by atoms with Gasteiger partial charge in [0.1, 0.15) is 11.5 Å². The molecule has 20 heavy (non-hydrogen) atoms. The fraction of sp³-hybridized carbons (Fsp3) is 0.438. The average molecular weight is 273 g/mol. The van der Waals surface area contributed by atoms with Gasteiger partial charge in [-0.1, -0.05) is 19.1 Å². The zero-order chi connectivity index (χ0) is 13.9. The van der Waals surface area contributed by atoms with Gasteiger partial charge in [-0.05, 0) is 44.4 Å². The largest absolute Gasteiger partial charge is 0.310 e. The second kappa shape index (κ2) is 5.75. The van der Waals surface area contributed by atoms with Crippen molar-refractivity contribution in [3.8, 4) is 5.69 Å². The van der Waals surface area contributed by atoms with Crippen molar-refractivity contribution in [1.29, 1.82) is 0 Å². The summed E-state index contributed by atoms with van der Waals surface area (Å²) in [5.74, 6) is -0.220. The van der Waals surface area contributed by atoms with Crippen LogP contribution in [0.25, 0.3) is 5.69 Å². The summed E-state index contributed by atoms with van der Waals surface area (Å²) >= 11 is 0. The number of benzene rings is 1. The number of nitrogens with one attached hydrogen (secondary N) is 1. The molecule has 0 spiro atoms. The van der Waals surface area contributed by atoms with Gasteiger partial charge in [0.2, 0.25) is 0 Å². The average Bonchev–Trinajstić information content (AvgIpc) is 2.90. The van der Waals surface area contributed by atoms with Crippen molar-refractivity contribution in [2.75, 3.05) is 6.54 Å². The molecule has 0 fully saturated rings. The van der Waals surface area contributed by atoms with E-state index >= 15 is 0 Å². The van der Waals surface area contributed by atoms with Crippen LogP contribution in [0.2, 0.25) is 0 Å². The highest BCUT2D eigenvalue weighted by atomic mass is 19.1. The Morgan fingerprint density at radius 1 is 1.40 bits per heavy atom. The van der Waals surface area contributed by atoms with Crippen molar-refractivity contribution < 1.29 is 4.39 Å². The number of aromatic nitrogens is 2. The molecule has 0 radical (unpaired) electrons. The molecule has 3 nitrogen and oxygen atoms in total. The normalized spacial score (nSPS) is 18.0. The maximum atomic E-state index is 13.9. The smallest absolute Gasteiger partial charge is 0.148 e. The predicted octanol–water partition coefficient (Wildman–Crippen LogP) is 3.39. The SMILES string of the molecule is CCCNC1CCCc2c1cnn2-c1ccccc1F. The maximum absolute atomic E-state index is 13.9. The summed E-state index contributed by atoms with van der Waals surface area (Å²) in [4.78, 5) is 0. The van der Waals surface area contributed by atoms with Crippen molar-refractivity contribution >= 4 is 0 Å². The molecule has 1 atom stereocenters. The fourth-order valence-corrected chi connectivity index (χ4v) is 2.92. The molecule has 1 heterocycles. The highest BCUT2D eigenvalue weighted by Crippen LogP contribution is 2.31. The molecular weight excluding hydrogens is 253 g/mol. The molecule has 1 aliphatic carbocycles. The van der Waals surface area contributed by atoms with E-state index < -0.39 is 0 Å². The van der Waals surface area contributed by atoms with E-state index in [1.807, 2.05) is 12.3 Å². The monoisotopic (exact) mass is 273 g/mol. The molecule has 0 bridgehead atoms. The summed E-state index contributed by atoms with van der Waals surface area (Å²) in [7, 11) is 0. The third-order valence-electron chi connectivity index (χ3n) is 3.90. The lowest BCUT2D eigenvalue weighted by Gasteiger charge is -2.24. The second-order valence-electron chi connectivity index (χ2n) is 5.31. The first-order valence-electron chi connectivity index (χ1n) is 7.36. The first kappa shape index (κ1) is 13.3. The molecule has 1 aromatic heterocycles. The summed E-state index contributed by atoms with van der Waals surface area (Å²) in [6.07, 6.45) is 6.24. The minimum atomic E-state index is -0.220. The van der Waals surface area contributed by atoms with Gasteiger partial charge in [-0.2, -0.15) is 5.10 Å². The van der Waals surface area contributed by atoms with E-state index in [9.17, 15) is 4.39 Å². The van der Waals surface area contributed by atoms with Crippen LogP contribution < -0.4 is 5.32 Å². The van der Waals surface area contributed by atoms with Crippen LogP contribution in [0, 0.1) is 5.82 Å². The molecule has 1 aromatic carbocycles. The van der Waals surface area contributed by atoms with Crippen LogP contribution in [0.15, 0.2) is 30.5 Å². The quantitative estimate of drug-likeness (QED) is 0.925. The molecule has 3 rings (SSSR count). The lowest BCUT2D eigenvalue weighted by molar-refractivity contribution is 0.455. The van der Waals surface area contributed by atoms with Gasteiger partial charge >= 0.3 is 0 Å². The van der Waals surface area contributed by atoms with E-state index in [-0.39, 0.29) is 5.82 Å². The van der Waals surface area contributed by atoms with Crippen LogP contribution >= 0.6 is 0 Å². The number of fused-ring (bicyclic) bond motifs is 1. The van der Waals surface area contributed by atoms with Gasteiger partial charge < -0.3 is 5.32 Å². The number of halogens is 1. The van der Waals surface area contributed by atoms with E-state index in [0.29, 0.717) is 11.7 Å². The Balaban J connectivity index is 1.96. The van der Waals surface area contributed by atoms with Gasteiger partial charge in [-0.15, -0.1) is 0 Å². The fourth-order valence-electron chi connectivity index (χ4n) is 2.92. The first-order chi connectivity index (χ1) is 9.81. The van der Waals surface area contributed by atoms with Crippen molar-refractivity contribution in [3.63, 3.8) is 0 Å². The second-order valence-corrected chi connectivity index (χ2v) is 5.31. The first-order valence-corrected chi connectivity index (χ1v) is 7.36. The van der Waals surface area contributed by atoms with E-state index in [1.165, 1.54) is 11.6 Å². The molecule has 0 aliphatic heterocycles. The van der Waals surface area contributed by atoms with Gasteiger partial charge in [-0.25, -0.2) is 9.07 Å². The van der Waals surface area contributed by atoms with Gasteiger partial charge in [0.15, 0.2) is 0 Å². The molecule has 1 aliphatic rings. The lowest BCUT2D eigenvalue weighted by Crippen LogP contribution is -2.26. The molecule has 0 saturated heterocycles. The van der Waals surface area contributed by atoms with Crippen LogP contribution in [0.1, 0.15) is 43.5 Å². The third-order valence-corrected chi connectivity index (χ3v) is 3.90. The topological polar surface area (TPSA) is 29.9 Å². The van der Waals surface area contributed by atoms with E-state index in [4.69, 9.17) is 0 Å². The Bertz CT molecular complexity index is 591. The standard InChI is InChI=1S/C16H20FN3/c1-2-10-18-14-7-5-9-15-12(14)11-19-20(15)16-8-4-3-6-13(16)17/h3-4,6,8,11,14,18H,2,5,7,9-10H2,1H3. The Hall–Kier alpha value is -1.68. The van der Waals surface area contributed by atoms with Crippen molar-refractivity contribution in [1.82, 2.24) is 15.1 Å². The Morgan fingerprint density at radius 3 is 3.05 bits per heavy atom. The number of nitrogens with zero attached hydrogens (tertiary/aromatic N) is 2. The molecule has 4 heteroatoms. The maximum Gasteiger partial charge on any atom is 0.148 e. The molecule has 1 unspecified atom stereocenters. The predicted molar refractivity (Wildman–Crippen MR) is 77.5 cm³/mol. The highest BCUT2D eigenvalue weighted by molar-refractivity contribution is 5.38. The van der Waals surface area contributed by atoms with Crippen LogP contribution in [-0.2, 0) is 6.42 Å². The molecule has 0 amide bonds. The summed E-state index contributed by atoms with van der Waals surface area (Å²) < 4.78 is 15.7. The minimum Gasteiger partial charge on any atom is -0.310 e. The molecule has 2 aromatic rings. The molecule has 0 saturated carbocycles. The minimum absolute atomic E-state index is 0.220. The summed E-state index contributed by atoms with van der Waals surface area (Å²) in [6, 6.07) is 7.19. The van der Waals surface area contributed by atoms with Crippen LogP contribution in [0.4, 0.5) is 4.39 Å². The van der Waals surface area contributed by atoms with E-state index in [0.717, 1.165) is 37.9 Å². The summed E-state index contributed by atoms with van der Waals surface area (Å²) in [5.41, 5.74) is 2.92. The zero-order valence-corrected chi connectivity index (χ0v) is 11.8. The number of hydrogen-bond acceptors (Lipinski definition) is 2. The Labute approximate surface area is 118 Å². The van der Waals surface area contributed by atoms with Crippen molar-refractivity contribution in [2.24, 2.45) is 0 Å². The van der Waals surface area contributed by atoms with Crippen molar-refractivity contribution in [3.05, 3.63) is 47.5 Å². The summed E-state index contributed by atoms with van der Waals surface area (Å²) in [6.45, 7) is 3.18. The molecular formula is C16H20FN3. The van der Waals surface area contributed by atoms with Crippen molar-refractivity contribution in [2.45, 2.75) is 38.6 Å². The van der Waals surface area contributed by atoms with Gasteiger partial charge in [0.05, 0.1) is 6.20 Å². The van der Waals surface area contributed by atoms with Crippen LogP contribution in [0.3, 0.4) is 0 Å². The molecule has 1 N–H and O–H groups in total. The summed E-state index contributed by atoms with van der Waals surface area (Å²) in [5, 5.41) is 7.98. The molecule has 106 valence electrons. The lowest BCUT2D eigenvalue weighted by atomic mass is 9.93. The zero-order valence-electron chi connectivity index (χ0n) is 11.8. The van der Waals surface area contributed by atoms with Gasteiger partial charge in [0, 0.05) is 17.3 Å². The van der Waals surface area contributed by atoms with Crippen LogP contribution in [0.5, 0.6) is 0 Å². The van der Waals surface area contributed by atoms with Gasteiger partial charge in [-0.3, -0.25) is 0 Å². The third kappa shape index (κ3) is 2.36.